The first kappa shape index (κ1) is 22.0. The molecule has 178 valence electrons. The zero-order valence-corrected chi connectivity index (χ0v) is 20.5. The largest absolute Gasteiger partial charge is 0.256 e. The van der Waals surface area contributed by atoms with E-state index in [1.807, 2.05) is 79.0 Å². The van der Waals surface area contributed by atoms with Crippen molar-refractivity contribution in [3.63, 3.8) is 0 Å². The number of nitrogens with zero attached hydrogens (tertiary/aromatic N) is 4. The van der Waals surface area contributed by atoms with E-state index < -0.39 is 0 Å². The molecular weight excluding hydrogens is 464 g/mol. The van der Waals surface area contributed by atoms with Crippen LogP contribution >= 0.6 is 0 Å². The normalized spacial score (nSPS) is 11.2. The van der Waals surface area contributed by atoms with Gasteiger partial charge in [-0.1, -0.05) is 97.1 Å². The molecule has 38 heavy (non-hydrogen) atoms. The van der Waals surface area contributed by atoms with Crippen LogP contribution in [0.15, 0.2) is 134 Å². The Kier molecular flexibility index (Phi) is 5.41. The fourth-order valence-corrected chi connectivity index (χ4v) is 4.74. The van der Waals surface area contributed by atoms with E-state index in [9.17, 15) is 0 Å². The molecule has 0 atom stereocenters. The maximum absolute atomic E-state index is 4.88. The molecule has 0 unspecified atom stereocenters. The maximum atomic E-state index is 4.88. The first-order chi connectivity index (χ1) is 18.8. The third kappa shape index (κ3) is 4.18. The van der Waals surface area contributed by atoms with Crippen molar-refractivity contribution >= 4 is 21.7 Å². The van der Waals surface area contributed by atoms with E-state index in [0.717, 1.165) is 38.7 Å². The molecule has 0 saturated heterocycles. The van der Waals surface area contributed by atoms with Crippen molar-refractivity contribution in [2.45, 2.75) is 0 Å². The molecule has 5 aromatic carbocycles. The second-order valence-electron chi connectivity index (χ2n) is 9.23. The molecule has 4 heteroatoms. The van der Waals surface area contributed by atoms with Crippen molar-refractivity contribution in [2.24, 2.45) is 0 Å². The highest BCUT2D eigenvalue weighted by Gasteiger charge is 2.13. The van der Waals surface area contributed by atoms with Crippen LogP contribution in [0.5, 0.6) is 0 Å². The lowest BCUT2D eigenvalue weighted by molar-refractivity contribution is 1.07. The summed E-state index contributed by atoms with van der Waals surface area (Å²) in [6, 6.07) is 43.4. The molecule has 0 amide bonds. The molecule has 0 aliphatic heterocycles. The number of aromatic nitrogens is 4. The monoisotopic (exact) mass is 486 g/mol. The SMILES string of the molecule is c1ccc(-c2nc(-c3ccccc3)nc(-c3ccc4ncc(-c5ccc6ccccc6c5)cc4c3)n2)cc1. The van der Waals surface area contributed by atoms with Gasteiger partial charge in [-0.25, -0.2) is 15.0 Å². The van der Waals surface area contributed by atoms with E-state index in [1.54, 1.807) is 0 Å². The summed E-state index contributed by atoms with van der Waals surface area (Å²) in [6.45, 7) is 0. The van der Waals surface area contributed by atoms with Gasteiger partial charge >= 0.3 is 0 Å². The number of pyridine rings is 1. The minimum atomic E-state index is 0.635. The second kappa shape index (κ2) is 9.34. The molecule has 7 rings (SSSR count). The van der Waals surface area contributed by atoms with Crippen molar-refractivity contribution < 1.29 is 0 Å². The molecule has 0 aliphatic rings. The Balaban J connectivity index is 1.35. The van der Waals surface area contributed by atoms with Crippen LogP contribution in [0.2, 0.25) is 0 Å². The van der Waals surface area contributed by atoms with Crippen LogP contribution in [0.3, 0.4) is 0 Å². The van der Waals surface area contributed by atoms with Gasteiger partial charge in [0, 0.05) is 33.8 Å². The molecule has 2 aromatic heterocycles. The van der Waals surface area contributed by atoms with Crippen molar-refractivity contribution in [1.29, 1.82) is 0 Å². The quantitative estimate of drug-likeness (QED) is 0.251. The molecule has 7 aromatic rings. The van der Waals surface area contributed by atoms with Gasteiger partial charge in [0.15, 0.2) is 17.5 Å². The predicted octanol–water partition coefficient (Wildman–Crippen LogP) is 8.24. The lowest BCUT2D eigenvalue weighted by Gasteiger charge is -2.10. The molecule has 0 spiro atoms. The zero-order valence-electron chi connectivity index (χ0n) is 20.5. The summed E-state index contributed by atoms with van der Waals surface area (Å²) < 4.78 is 0. The van der Waals surface area contributed by atoms with Crippen LogP contribution in [0.4, 0.5) is 0 Å². The van der Waals surface area contributed by atoms with Crippen LogP contribution in [0, 0.1) is 0 Å². The average molecular weight is 487 g/mol. The highest BCUT2D eigenvalue weighted by molar-refractivity contribution is 5.91. The molecular formula is C34H22N4. The van der Waals surface area contributed by atoms with Crippen LogP contribution in [-0.2, 0) is 0 Å². The van der Waals surface area contributed by atoms with Crippen LogP contribution < -0.4 is 0 Å². The summed E-state index contributed by atoms with van der Waals surface area (Å²) in [5, 5.41) is 3.48. The van der Waals surface area contributed by atoms with Crippen LogP contribution in [0.25, 0.3) is 67.0 Å². The average Bonchev–Trinajstić information content (AvgIpc) is 3.01. The van der Waals surface area contributed by atoms with Gasteiger partial charge in [0.05, 0.1) is 5.52 Å². The fraction of sp³-hybridized carbons (Fsp3) is 0. The summed E-state index contributed by atoms with van der Waals surface area (Å²) in [5.41, 5.74) is 5.97. The Morgan fingerprint density at radius 1 is 0.342 bits per heavy atom. The Morgan fingerprint density at radius 2 is 0.868 bits per heavy atom. The van der Waals surface area contributed by atoms with Crippen LogP contribution in [0.1, 0.15) is 0 Å². The lowest BCUT2D eigenvalue weighted by atomic mass is 10.0. The Bertz CT molecular complexity index is 1860. The van der Waals surface area contributed by atoms with Gasteiger partial charge in [-0.3, -0.25) is 4.98 Å². The first-order valence-corrected chi connectivity index (χ1v) is 12.6. The van der Waals surface area contributed by atoms with E-state index in [1.165, 1.54) is 10.8 Å². The first-order valence-electron chi connectivity index (χ1n) is 12.6. The van der Waals surface area contributed by atoms with Crippen LogP contribution in [-0.4, -0.2) is 19.9 Å². The number of fused-ring (bicyclic) bond motifs is 2. The Labute approximate surface area is 220 Å². The third-order valence-electron chi connectivity index (χ3n) is 6.72. The van der Waals surface area contributed by atoms with Gasteiger partial charge in [-0.15, -0.1) is 0 Å². The molecule has 4 nitrogen and oxygen atoms in total. The van der Waals surface area contributed by atoms with Gasteiger partial charge in [0.1, 0.15) is 0 Å². The number of benzene rings is 5. The van der Waals surface area contributed by atoms with E-state index >= 15 is 0 Å². The van der Waals surface area contributed by atoms with E-state index in [0.29, 0.717) is 17.5 Å². The standard InChI is InChI=1S/C34H22N4/c1-3-10-24(11-4-1)32-36-33(25-12-5-2-6-13-25)38-34(37-32)28-17-18-31-29(20-28)21-30(22-35-31)27-16-15-23-9-7-8-14-26(23)19-27/h1-22H. The molecule has 0 fully saturated rings. The van der Waals surface area contributed by atoms with Crippen molar-refractivity contribution in [1.82, 2.24) is 19.9 Å². The van der Waals surface area contributed by atoms with E-state index in [4.69, 9.17) is 19.9 Å². The summed E-state index contributed by atoms with van der Waals surface area (Å²) in [5.74, 6) is 1.94. The molecule has 0 aliphatic carbocycles. The van der Waals surface area contributed by atoms with Crippen molar-refractivity contribution in [3.05, 3.63) is 134 Å². The molecule has 0 bridgehead atoms. The smallest absolute Gasteiger partial charge is 0.164 e. The van der Waals surface area contributed by atoms with Gasteiger partial charge in [0.2, 0.25) is 0 Å². The minimum Gasteiger partial charge on any atom is -0.256 e. The second-order valence-corrected chi connectivity index (χ2v) is 9.23. The summed E-state index contributed by atoms with van der Waals surface area (Å²) >= 11 is 0. The van der Waals surface area contributed by atoms with Gasteiger partial charge in [-0.2, -0.15) is 0 Å². The molecule has 2 heterocycles. The maximum Gasteiger partial charge on any atom is 0.164 e. The number of hydrogen-bond donors (Lipinski definition) is 0. The number of rotatable bonds is 4. The topological polar surface area (TPSA) is 51.6 Å². The molecule has 0 N–H and O–H groups in total. The summed E-state index contributed by atoms with van der Waals surface area (Å²) in [6.07, 6.45) is 1.94. The third-order valence-corrected chi connectivity index (χ3v) is 6.72. The highest BCUT2D eigenvalue weighted by Crippen LogP contribution is 2.30. The van der Waals surface area contributed by atoms with Crippen molar-refractivity contribution in [2.75, 3.05) is 0 Å². The fourth-order valence-electron chi connectivity index (χ4n) is 4.74. The minimum absolute atomic E-state index is 0.635. The van der Waals surface area contributed by atoms with Crippen molar-refractivity contribution in [3.8, 4) is 45.3 Å². The highest BCUT2D eigenvalue weighted by atomic mass is 15.0. The number of hydrogen-bond acceptors (Lipinski definition) is 4. The van der Waals surface area contributed by atoms with Gasteiger partial charge in [0.25, 0.3) is 0 Å². The lowest BCUT2D eigenvalue weighted by Crippen LogP contribution is -2.00. The van der Waals surface area contributed by atoms with Gasteiger partial charge in [-0.05, 0) is 46.7 Å². The Hall–Kier alpha value is -5.22. The molecule has 0 radical (unpaired) electrons. The zero-order chi connectivity index (χ0) is 25.3. The predicted molar refractivity (Wildman–Crippen MR) is 154 cm³/mol. The van der Waals surface area contributed by atoms with E-state index in [-0.39, 0.29) is 0 Å². The Morgan fingerprint density at radius 3 is 1.55 bits per heavy atom. The van der Waals surface area contributed by atoms with E-state index in [2.05, 4.69) is 54.6 Å². The molecule has 0 saturated carbocycles. The summed E-state index contributed by atoms with van der Waals surface area (Å²) in [7, 11) is 0. The van der Waals surface area contributed by atoms with Gasteiger partial charge < -0.3 is 0 Å². The summed E-state index contributed by atoms with van der Waals surface area (Å²) in [4.78, 5) is 19.3.